The topological polar surface area (TPSA) is 67.5 Å². The zero-order valence-electron chi connectivity index (χ0n) is 11.6. The van der Waals surface area contributed by atoms with Gasteiger partial charge in [-0.3, -0.25) is 4.79 Å². The maximum Gasteiger partial charge on any atom is 0.307 e. The molecule has 0 aliphatic rings. The van der Waals surface area contributed by atoms with E-state index < -0.39 is 0 Å². The van der Waals surface area contributed by atoms with Crippen LogP contribution in [0.25, 0.3) is 11.0 Å². The molecule has 0 radical (unpaired) electrons. The number of rotatable bonds is 3. The second-order valence-corrected chi connectivity index (χ2v) is 5.61. The number of aromatic nitrogens is 1. The maximum absolute atomic E-state index is 12.1. The fraction of sp³-hybridized carbons (Fsp3) is 0.133. The third-order valence-corrected chi connectivity index (χ3v) is 3.84. The lowest BCUT2D eigenvalue weighted by molar-refractivity contribution is 0.0929. The van der Waals surface area contributed by atoms with E-state index in [1.54, 1.807) is 0 Å². The van der Waals surface area contributed by atoms with E-state index in [1.807, 2.05) is 43.5 Å². The van der Waals surface area contributed by atoms with E-state index in [-0.39, 0.29) is 11.7 Å². The van der Waals surface area contributed by atoms with Gasteiger partial charge in [-0.2, -0.15) is 5.10 Å². The van der Waals surface area contributed by atoms with Crippen LogP contribution in [0, 0.1) is 13.8 Å². The largest absolute Gasteiger partial charge is 0.451 e. The Morgan fingerprint density at radius 3 is 2.90 bits per heavy atom. The monoisotopic (exact) mass is 299 g/mol. The smallest absolute Gasteiger partial charge is 0.307 e. The molecule has 3 aromatic rings. The summed E-state index contributed by atoms with van der Waals surface area (Å²) in [5.74, 6) is -0.0882. The molecule has 0 aliphatic heterocycles. The molecule has 0 fully saturated rings. The van der Waals surface area contributed by atoms with Gasteiger partial charge in [0.25, 0.3) is 0 Å². The molecule has 0 bridgehead atoms. The molecule has 0 spiro atoms. The van der Waals surface area contributed by atoms with Gasteiger partial charge in [0.2, 0.25) is 0 Å². The van der Waals surface area contributed by atoms with Gasteiger partial charge < -0.3 is 4.42 Å². The number of para-hydroxylation sites is 1. The molecule has 2 heterocycles. The molecule has 0 aliphatic carbocycles. The second-order valence-electron chi connectivity index (χ2n) is 4.54. The van der Waals surface area contributed by atoms with Gasteiger partial charge in [-0.05, 0) is 19.9 Å². The number of carbonyl (C=O) groups is 1. The number of hydrazone groups is 1. The van der Waals surface area contributed by atoms with Gasteiger partial charge in [0.15, 0.2) is 5.76 Å². The number of thiazole rings is 1. The fourth-order valence-corrected chi connectivity index (χ4v) is 2.60. The Hall–Kier alpha value is -2.47. The Bertz CT molecular complexity index is 832. The molecule has 6 heteroatoms. The van der Waals surface area contributed by atoms with Crippen molar-refractivity contribution in [3.63, 3.8) is 0 Å². The van der Waals surface area contributed by atoms with Gasteiger partial charge in [0.05, 0.1) is 16.9 Å². The summed E-state index contributed by atoms with van der Waals surface area (Å²) in [6, 6.07) is 7.54. The highest BCUT2D eigenvalue weighted by Gasteiger charge is 2.16. The van der Waals surface area contributed by atoms with Gasteiger partial charge in [0.1, 0.15) is 5.58 Å². The zero-order valence-corrected chi connectivity index (χ0v) is 12.4. The van der Waals surface area contributed by atoms with E-state index in [2.05, 4.69) is 15.5 Å². The van der Waals surface area contributed by atoms with Crippen LogP contribution >= 0.6 is 11.3 Å². The number of furan rings is 1. The van der Waals surface area contributed by atoms with Crippen LogP contribution in [0.15, 0.2) is 39.2 Å². The molecule has 5 nitrogen and oxygen atoms in total. The van der Waals surface area contributed by atoms with E-state index in [0.717, 1.165) is 21.7 Å². The first-order chi connectivity index (χ1) is 10.1. The number of carbonyl (C=O) groups excluding carboxylic acids is 1. The molecule has 1 aromatic carbocycles. The van der Waals surface area contributed by atoms with Crippen molar-refractivity contribution in [3.05, 3.63) is 51.7 Å². The van der Waals surface area contributed by atoms with Crippen molar-refractivity contribution < 1.29 is 9.21 Å². The van der Waals surface area contributed by atoms with Crippen LogP contribution in [-0.2, 0) is 0 Å². The van der Waals surface area contributed by atoms with Crippen molar-refractivity contribution in [1.82, 2.24) is 10.4 Å². The van der Waals surface area contributed by atoms with Crippen LogP contribution in [-0.4, -0.2) is 17.1 Å². The molecular formula is C15H13N3O2S. The molecule has 1 amide bonds. The molecule has 106 valence electrons. The van der Waals surface area contributed by atoms with Crippen LogP contribution in [0.1, 0.15) is 26.8 Å². The fourth-order valence-electron chi connectivity index (χ4n) is 2.04. The minimum absolute atomic E-state index is 0.280. The van der Waals surface area contributed by atoms with Gasteiger partial charge in [0, 0.05) is 16.3 Å². The van der Waals surface area contributed by atoms with E-state index in [4.69, 9.17) is 4.42 Å². The van der Waals surface area contributed by atoms with E-state index >= 15 is 0 Å². The van der Waals surface area contributed by atoms with Crippen molar-refractivity contribution in [2.75, 3.05) is 0 Å². The Morgan fingerprint density at radius 2 is 2.19 bits per heavy atom. The third-order valence-electron chi connectivity index (χ3n) is 3.05. The van der Waals surface area contributed by atoms with Gasteiger partial charge in [-0.25, -0.2) is 10.4 Å². The van der Waals surface area contributed by atoms with Crippen LogP contribution < -0.4 is 5.43 Å². The van der Waals surface area contributed by atoms with E-state index in [0.29, 0.717) is 5.58 Å². The number of nitrogens with zero attached hydrogens (tertiary/aromatic N) is 2. The summed E-state index contributed by atoms with van der Waals surface area (Å²) in [5, 5.41) is 7.66. The molecule has 0 saturated carbocycles. The summed E-state index contributed by atoms with van der Waals surface area (Å²) in [6.07, 6.45) is 1.51. The number of hydrogen-bond donors (Lipinski definition) is 1. The number of hydrogen-bond acceptors (Lipinski definition) is 5. The quantitative estimate of drug-likeness (QED) is 0.596. The summed E-state index contributed by atoms with van der Waals surface area (Å²) < 4.78 is 5.57. The van der Waals surface area contributed by atoms with Gasteiger partial charge in [-0.15, -0.1) is 11.3 Å². The first-order valence-electron chi connectivity index (χ1n) is 6.39. The summed E-state index contributed by atoms with van der Waals surface area (Å²) in [4.78, 5) is 16.3. The number of nitrogens with one attached hydrogen (secondary N) is 1. The van der Waals surface area contributed by atoms with E-state index in [1.165, 1.54) is 17.6 Å². The van der Waals surface area contributed by atoms with Crippen LogP contribution in [0.4, 0.5) is 0 Å². The van der Waals surface area contributed by atoms with Crippen LogP contribution in [0.2, 0.25) is 0 Å². The highest BCUT2D eigenvalue weighted by atomic mass is 32.1. The highest BCUT2D eigenvalue weighted by molar-refractivity contribution is 7.09. The summed E-state index contributed by atoms with van der Waals surface area (Å²) in [5.41, 5.74) is 4.68. The second kappa shape index (κ2) is 5.49. The average Bonchev–Trinajstić information content (AvgIpc) is 3.03. The number of amides is 1. The predicted octanol–water partition coefficient (Wildman–Crippen LogP) is 3.27. The van der Waals surface area contributed by atoms with Crippen molar-refractivity contribution in [2.45, 2.75) is 13.8 Å². The Morgan fingerprint density at radius 1 is 1.38 bits per heavy atom. The van der Waals surface area contributed by atoms with Crippen molar-refractivity contribution in [2.24, 2.45) is 5.10 Å². The lowest BCUT2D eigenvalue weighted by Crippen LogP contribution is -2.17. The average molecular weight is 299 g/mol. The first-order valence-corrected chi connectivity index (χ1v) is 7.27. The van der Waals surface area contributed by atoms with Crippen molar-refractivity contribution in [3.8, 4) is 0 Å². The lowest BCUT2D eigenvalue weighted by atomic mass is 10.1. The highest BCUT2D eigenvalue weighted by Crippen LogP contribution is 2.24. The Balaban J connectivity index is 1.78. The molecule has 0 atom stereocenters. The number of benzene rings is 1. The Kier molecular flexibility index (Phi) is 3.53. The van der Waals surface area contributed by atoms with Crippen molar-refractivity contribution in [1.29, 1.82) is 0 Å². The summed E-state index contributed by atoms with van der Waals surface area (Å²) in [7, 11) is 0. The molecule has 3 rings (SSSR count). The predicted molar refractivity (Wildman–Crippen MR) is 82.9 cm³/mol. The van der Waals surface area contributed by atoms with E-state index in [9.17, 15) is 4.79 Å². The molecule has 21 heavy (non-hydrogen) atoms. The number of fused-ring (bicyclic) bond motifs is 1. The standard InChI is InChI=1S/C15H13N3O2S/c1-9-12-5-3-4-6-13(12)20-14(9)15(19)18-16-7-11-8-21-10(2)17-11/h3-8H,1-2H3,(H,18,19)/b16-7-. The SMILES string of the molecule is Cc1nc(/C=N\NC(=O)c2oc3ccccc3c2C)cs1. The molecule has 2 aromatic heterocycles. The summed E-state index contributed by atoms with van der Waals surface area (Å²) >= 11 is 1.53. The normalized spacial score (nSPS) is 11.3. The Labute approximate surface area is 125 Å². The molecule has 0 unspecified atom stereocenters. The van der Waals surface area contributed by atoms with Gasteiger partial charge >= 0.3 is 5.91 Å². The minimum atomic E-state index is -0.369. The zero-order chi connectivity index (χ0) is 14.8. The third kappa shape index (κ3) is 2.71. The van der Waals surface area contributed by atoms with Crippen LogP contribution in [0.5, 0.6) is 0 Å². The first kappa shape index (κ1) is 13.5. The lowest BCUT2D eigenvalue weighted by Gasteiger charge is -1.96. The van der Waals surface area contributed by atoms with Crippen LogP contribution in [0.3, 0.4) is 0 Å². The maximum atomic E-state index is 12.1. The molecule has 1 N–H and O–H groups in total. The number of aryl methyl sites for hydroxylation is 2. The van der Waals surface area contributed by atoms with Crippen molar-refractivity contribution >= 4 is 34.4 Å². The van der Waals surface area contributed by atoms with Gasteiger partial charge in [-0.1, -0.05) is 18.2 Å². The minimum Gasteiger partial charge on any atom is -0.451 e. The molecule has 0 saturated heterocycles. The molecular weight excluding hydrogens is 286 g/mol. The summed E-state index contributed by atoms with van der Waals surface area (Å²) in [6.45, 7) is 3.77.